The van der Waals surface area contributed by atoms with E-state index in [4.69, 9.17) is 10.2 Å². The van der Waals surface area contributed by atoms with Crippen LogP contribution >= 0.6 is 0 Å². The summed E-state index contributed by atoms with van der Waals surface area (Å²) in [6.07, 6.45) is 0.948. The van der Waals surface area contributed by atoms with Crippen LogP contribution in [0.4, 0.5) is 0 Å². The summed E-state index contributed by atoms with van der Waals surface area (Å²) >= 11 is 0. The van der Waals surface area contributed by atoms with Gasteiger partial charge in [-0.3, -0.25) is 0 Å². The molecule has 2 N–H and O–H groups in total. The van der Waals surface area contributed by atoms with E-state index in [1.165, 1.54) is 5.56 Å². The summed E-state index contributed by atoms with van der Waals surface area (Å²) in [5, 5.41) is 0. The highest BCUT2D eigenvalue weighted by molar-refractivity contribution is 5.37. The molecule has 0 fully saturated rings. The smallest absolute Gasteiger partial charge is 0.109 e. The molecule has 1 unspecified atom stereocenters. The molecule has 2 rings (SSSR count). The molecule has 13 heavy (non-hydrogen) atoms. The van der Waals surface area contributed by atoms with Crippen molar-refractivity contribution in [3.8, 4) is 0 Å². The quantitative estimate of drug-likeness (QED) is 0.664. The summed E-state index contributed by atoms with van der Waals surface area (Å²) in [6.45, 7) is 8.45. The average Bonchev–Trinajstić information content (AvgIpc) is 2.35. The minimum atomic E-state index is -0.250. The molecule has 2 heteroatoms. The van der Waals surface area contributed by atoms with E-state index in [-0.39, 0.29) is 11.0 Å². The number of rotatable bonds is 0. The SMILES string of the molecule is Cc1cc2c(o1)CC(C)(C)C2(C)N. The normalized spacial score (nSPS) is 30.5. The van der Waals surface area contributed by atoms with Crippen LogP contribution in [-0.2, 0) is 12.0 Å². The molecule has 0 aromatic carbocycles. The Morgan fingerprint density at radius 1 is 1.38 bits per heavy atom. The molecule has 1 aromatic heterocycles. The highest BCUT2D eigenvalue weighted by Crippen LogP contribution is 2.48. The first-order valence-electron chi connectivity index (χ1n) is 4.73. The molecule has 1 aliphatic carbocycles. The number of furan rings is 1. The lowest BCUT2D eigenvalue weighted by atomic mass is 9.75. The van der Waals surface area contributed by atoms with E-state index in [1.807, 2.05) is 6.92 Å². The van der Waals surface area contributed by atoms with Gasteiger partial charge >= 0.3 is 0 Å². The van der Waals surface area contributed by atoms with Gasteiger partial charge in [0.2, 0.25) is 0 Å². The molecular weight excluding hydrogens is 162 g/mol. The molecule has 1 aliphatic rings. The lowest BCUT2D eigenvalue weighted by molar-refractivity contribution is 0.205. The van der Waals surface area contributed by atoms with Crippen LogP contribution in [0.5, 0.6) is 0 Å². The predicted molar refractivity (Wildman–Crippen MR) is 52.5 cm³/mol. The van der Waals surface area contributed by atoms with E-state index in [1.54, 1.807) is 0 Å². The monoisotopic (exact) mass is 179 g/mol. The third kappa shape index (κ3) is 0.983. The zero-order chi connectivity index (χ0) is 9.85. The maximum Gasteiger partial charge on any atom is 0.109 e. The summed E-state index contributed by atoms with van der Waals surface area (Å²) < 4.78 is 5.62. The van der Waals surface area contributed by atoms with Gasteiger partial charge < -0.3 is 10.2 Å². The Bertz CT molecular complexity index is 347. The van der Waals surface area contributed by atoms with E-state index in [9.17, 15) is 0 Å². The van der Waals surface area contributed by atoms with Crippen molar-refractivity contribution in [3.63, 3.8) is 0 Å². The van der Waals surface area contributed by atoms with E-state index in [0.717, 1.165) is 17.9 Å². The predicted octanol–water partition coefficient (Wildman–Crippen LogP) is 2.34. The summed E-state index contributed by atoms with van der Waals surface area (Å²) in [5.41, 5.74) is 7.37. The van der Waals surface area contributed by atoms with E-state index >= 15 is 0 Å². The van der Waals surface area contributed by atoms with E-state index in [2.05, 4.69) is 26.8 Å². The number of nitrogens with two attached hydrogens (primary N) is 1. The largest absolute Gasteiger partial charge is 0.466 e. The van der Waals surface area contributed by atoms with Crippen molar-refractivity contribution in [3.05, 3.63) is 23.2 Å². The van der Waals surface area contributed by atoms with Gasteiger partial charge in [-0.1, -0.05) is 13.8 Å². The van der Waals surface area contributed by atoms with Gasteiger partial charge in [0.25, 0.3) is 0 Å². The number of aryl methyl sites for hydroxylation is 1. The third-order valence-electron chi connectivity index (χ3n) is 3.50. The molecule has 0 spiro atoms. The Hall–Kier alpha value is -0.760. The van der Waals surface area contributed by atoms with Gasteiger partial charge in [0.05, 0.1) is 0 Å². The second-order valence-electron chi connectivity index (χ2n) is 4.96. The van der Waals surface area contributed by atoms with Gasteiger partial charge in [0, 0.05) is 17.5 Å². The maximum atomic E-state index is 6.32. The van der Waals surface area contributed by atoms with Crippen molar-refractivity contribution in [1.82, 2.24) is 0 Å². The average molecular weight is 179 g/mol. The summed E-state index contributed by atoms with van der Waals surface area (Å²) in [6, 6.07) is 2.07. The fourth-order valence-corrected chi connectivity index (χ4v) is 2.08. The second-order valence-corrected chi connectivity index (χ2v) is 4.96. The van der Waals surface area contributed by atoms with Gasteiger partial charge in [-0.2, -0.15) is 0 Å². The fraction of sp³-hybridized carbons (Fsp3) is 0.636. The van der Waals surface area contributed by atoms with E-state index < -0.39 is 0 Å². The third-order valence-corrected chi connectivity index (χ3v) is 3.50. The number of hydrogen-bond acceptors (Lipinski definition) is 2. The van der Waals surface area contributed by atoms with Crippen LogP contribution in [-0.4, -0.2) is 0 Å². The lowest BCUT2D eigenvalue weighted by Crippen LogP contribution is -2.43. The molecule has 0 saturated carbocycles. The van der Waals surface area contributed by atoms with Crippen LogP contribution in [0, 0.1) is 12.3 Å². The van der Waals surface area contributed by atoms with Crippen molar-refractivity contribution in [2.75, 3.05) is 0 Å². The first kappa shape index (κ1) is 8.82. The zero-order valence-electron chi connectivity index (χ0n) is 8.77. The van der Waals surface area contributed by atoms with Crippen LogP contribution in [0.1, 0.15) is 37.9 Å². The van der Waals surface area contributed by atoms with Crippen LogP contribution in [0.25, 0.3) is 0 Å². The first-order chi connectivity index (χ1) is 5.84. The summed E-state index contributed by atoms with van der Waals surface area (Å²) in [7, 11) is 0. The first-order valence-corrected chi connectivity index (χ1v) is 4.73. The molecular formula is C11H17NO. The topological polar surface area (TPSA) is 39.2 Å². The summed E-state index contributed by atoms with van der Waals surface area (Å²) in [4.78, 5) is 0. The molecule has 0 radical (unpaired) electrons. The van der Waals surface area contributed by atoms with Gasteiger partial charge in [-0.25, -0.2) is 0 Å². The Morgan fingerprint density at radius 2 is 2.00 bits per heavy atom. The fourth-order valence-electron chi connectivity index (χ4n) is 2.08. The Kier molecular flexibility index (Phi) is 1.48. The molecule has 1 atom stereocenters. The second kappa shape index (κ2) is 2.18. The molecule has 0 aliphatic heterocycles. The minimum absolute atomic E-state index is 0.106. The standard InChI is InChI=1S/C11H17NO/c1-7-5-8-9(13-7)6-10(2,3)11(8,4)12/h5H,6,12H2,1-4H3. The van der Waals surface area contributed by atoms with Gasteiger partial charge in [0.15, 0.2) is 0 Å². The number of fused-ring (bicyclic) bond motifs is 1. The van der Waals surface area contributed by atoms with Gasteiger partial charge in [-0.15, -0.1) is 0 Å². The Morgan fingerprint density at radius 3 is 2.54 bits per heavy atom. The molecule has 0 bridgehead atoms. The van der Waals surface area contributed by atoms with Crippen LogP contribution in [0.3, 0.4) is 0 Å². The molecule has 72 valence electrons. The van der Waals surface area contributed by atoms with Crippen molar-refractivity contribution >= 4 is 0 Å². The number of hydrogen-bond donors (Lipinski definition) is 1. The highest BCUT2D eigenvalue weighted by atomic mass is 16.3. The highest BCUT2D eigenvalue weighted by Gasteiger charge is 2.48. The maximum absolute atomic E-state index is 6.32. The molecule has 1 aromatic rings. The van der Waals surface area contributed by atoms with Crippen LogP contribution in [0.15, 0.2) is 10.5 Å². The molecule has 0 saturated heterocycles. The molecule has 1 heterocycles. The van der Waals surface area contributed by atoms with E-state index in [0.29, 0.717) is 0 Å². The van der Waals surface area contributed by atoms with Crippen molar-refractivity contribution in [2.24, 2.45) is 11.1 Å². The van der Waals surface area contributed by atoms with Crippen molar-refractivity contribution in [1.29, 1.82) is 0 Å². The summed E-state index contributed by atoms with van der Waals surface area (Å²) in [5.74, 6) is 2.05. The van der Waals surface area contributed by atoms with Crippen LogP contribution < -0.4 is 5.73 Å². The minimum Gasteiger partial charge on any atom is -0.466 e. The van der Waals surface area contributed by atoms with Crippen LogP contribution in [0.2, 0.25) is 0 Å². The van der Waals surface area contributed by atoms with Gasteiger partial charge in [0.1, 0.15) is 11.5 Å². The van der Waals surface area contributed by atoms with Crippen molar-refractivity contribution in [2.45, 2.75) is 39.7 Å². The Labute approximate surface area is 79.1 Å². The lowest BCUT2D eigenvalue weighted by Gasteiger charge is -2.34. The molecule has 2 nitrogen and oxygen atoms in total. The van der Waals surface area contributed by atoms with Crippen molar-refractivity contribution < 1.29 is 4.42 Å². The van der Waals surface area contributed by atoms with Gasteiger partial charge in [-0.05, 0) is 25.3 Å². The molecule has 0 amide bonds. The zero-order valence-corrected chi connectivity index (χ0v) is 8.77. The Balaban J connectivity index is 2.57.